The third-order valence-electron chi connectivity index (χ3n) is 6.72. The molecule has 170 valence electrons. The molecule has 1 atom stereocenters. The Kier molecular flexibility index (Phi) is 5.66. The maximum Gasteiger partial charge on any atom is 0.257 e. The highest BCUT2D eigenvalue weighted by atomic mass is 16.2. The summed E-state index contributed by atoms with van der Waals surface area (Å²) in [5, 5.41) is 6.80. The van der Waals surface area contributed by atoms with Gasteiger partial charge in [0.25, 0.3) is 5.91 Å². The molecule has 8 heteroatoms. The summed E-state index contributed by atoms with van der Waals surface area (Å²) in [5.74, 6) is 1.63. The third-order valence-corrected chi connectivity index (χ3v) is 6.72. The Balaban J connectivity index is 1.37. The molecule has 2 aromatic heterocycles. The van der Waals surface area contributed by atoms with Crippen molar-refractivity contribution in [1.82, 2.24) is 25.1 Å². The van der Waals surface area contributed by atoms with E-state index >= 15 is 0 Å². The maximum atomic E-state index is 12.9. The minimum absolute atomic E-state index is 0.0157. The monoisotopic (exact) mass is 444 g/mol. The molecule has 1 aromatic carbocycles. The van der Waals surface area contributed by atoms with Crippen molar-refractivity contribution in [2.45, 2.75) is 45.4 Å². The van der Waals surface area contributed by atoms with Gasteiger partial charge in [0.1, 0.15) is 11.6 Å². The average Bonchev–Trinajstić information content (AvgIpc) is 3.48. The minimum atomic E-state index is -0.0157. The van der Waals surface area contributed by atoms with Crippen molar-refractivity contribution in [2.75, 3.05) is 24.5 Å². The highest BCUT2D eigenvalue weighted by Crippen LogP contribution is 2.32. The van der Waals surface area contributed by atoms with E-state index in [-0.39, 0.29) is 17.7 Å². The molecule has 0 saturated carbocycles. The Labute approximate surface area is 193 Å². The van der Waals surface area contributed by atoms with Crippen LogP contribution in [0, 0.1) is 13.8 Å². The van der Waals surface area contributed by atoms with Gasteiger partial charge < -0.3 is 4.90 Å². The second-order valence-corrected chi connectivity index (χ2v) is 8.90. The van der Waals surface area contributed by atoms with Gasteiger partial charge in [-0.1, -0.05) is 30.3 Å². The molecule has 0 spiro atoms. The number of hydrogen-bond acceptors (Lipinski definition) is 5. The van der Waals surface area contributed by atoms with Crippen molar-refractivity contribution in [3.63, 3.8) is 0 Å². The number of fused-ring (bicyclic) bond motifs is 1. The van der Waals surface area contributed by atoms with Gasteiger partial charge in [0.05, 0.1) is 11.8 Å². The fourth-order valence-electron chi connectivity index (χ4n) is 4.79. The highest BCUT2D eigenvalue weighted by molar-refractivity contribution is 5.96. The number of H-pyrrole nitrogens is 1. The van der Waals surface area contributed by atoms with Gasteiger partial charge in [0.2, 0.25) is 5.91 Å². The SMILES string of the molecule is Cc1nc([C@@H]2CCN(C(=O)c3cn[nH]c3C)C2)nc2c1CCC(=O)N2CCc1ccccc1. The molecule has 1 saturated heterocycles. The Hall–Kier alpha value is -3.55. The summed E-state index contributed by atoms with van der Waals surface area (Å²) < 4.78 is 0. The minimum Gasteiger partial charge on any atom is -0.338 e. The molecular formula is C25H28N6O2. The van der Waals surface area contributed by atoms with Crippen LogP contribution in [0.5, 0.6) is 0 Å². The highest BCUT2D eigenvalue weighted by Gasteiger charge is 2.33. The number of anilines is 1. The van der Waals surface area contributed by atoms with Gasteiger partial charge in [-0.2, -0.15) is 5.10 Å². The van der Waals surface area contributed by atoms with Crippen molar-refractivity contribution in [3.8, 4) is 0 Å². The molecule has 0 aliphatic carbocycles. The molecule has 8 nitrogen and oxygen atoms in total. The summed E-state index contributed by atoms with van der Waals surface area (Å²) in [6.45, 7) is 5.68. The number of nitrogens with one attached hydrogen (secondary N) is 1. The predicted octanol–water partition coefficient (Wildman–Crippen LogP) is 2.97. The normalized spacial score (nSPS) is 18.0. The number of aromatic nitrogens is 4. The van der Waals surface area contributed by atoms with Crippen LogP contribution < -0.4 is 4.90 Å². The van der Waals surface area contributed by atoms with E-state index in [0.717, 1.165) is 41.4 Å². The lowest BCUT2D eigenvalue weighted by Gasteiger charge is -2.30. The van der Waals surface area contributed by atoms with E-state index in [4.69, 9.17) is 9.97 Å². The zero-order valence-electron chi connectivity index (χ0n) is 19.0. The fraction of sp³-hybridized carbons (Fsp3) is 0.400. The third kappa shape index (κ3) is 4.13. The molecule has 1 N–H and O–H groups in total. The van der Waals surface area contributed by atoms with E-state index in [9.17, 15) is 9.59 Å². The quantitative estimate of drug-likeness (QED) is 0.653. The van der Waals surface area contributed by atoms with Gasteiger partial charge in [-0.3, -0.25) is 19.6 Å². The molecule has 33 heavy (non-hydrogen) atoms. The van der Waals surface area contributed by atoms with E-state index in [2.05, 4.69) is 22.3 Å². The zero-order valence-corrected chi connectivity index (χ0v) is 19.0. The number of aryl methyl sites for hydroxylation is 2. The average molecular weight is 445 g/mol. The van der Waals surface area contributed by atoms with E-state index in [1.54, 1.807) is 6.20 Å². The standard InChI is InChI=1S/C25H28N6O2/c1-16-20-8-9-22(32)31(13-10-18-6-4-3-5-7-18)24(20)28-23(27-16)19-11-12-30(15-19)25(33)21-14-26-29-17(21)2/h3-7,14,19H,8-13,15H2,1-2H3,(H,26,29)/t19-/m1/s1. The van der Waals surface area contributed by atoms with Crippen LogP contribution in [0.25, 0.3) is 0 Å². The van der Waals surface area contributed by atoms with E-state index in [0.29, 0.717) is 38.0 Å². The molecule has 1 fully saturated rings. The van der Waals surface area contributed by atoms with Crippen molar-refractivity contribution in [2.24, 2.45) is 0 Å². The lowest BCUT2D eigenvalue weighted by atomic mass is 10.0. The molecular weight excluding hydrogens is 416 g/mol. The molecule has 3 aromatic rings. The number of nitrogens with zero attached hydrogens (tertiary/aromatic N) is 5. The second kappa shape index (κ2) is 8.77. The largest absolute Gasteiger partial charge is 0.338 e. The molecule has 0 radical (unpaired) electrons. The Morgan fingerprint density at radius 2 is 1.97 bits per heavy atom. The van der Waals surface area contributed by atoms with Crippen LogP contribution in [0.1, 0.15) is 57.5 Å². The van der Waals surface area contributed by atoms with Crippen molar-refractivity contribution in [3.05, 3.63) is 70.4 Å². The van der Waals surface area contributed by atoms with Crippen LogP contribution >= 0.6 is 0 Å². The Morgan fingerprint density at radius 1 is 1.15 bits per heavy atom. The number of hydrogen-bond donors (Lipinski definition) is 1. The van der Waals surface area contributed by atoms with Crippen LogP contribution in [-0.2, 0) is 17.6 Å². The lowest BCUT2D eigenvalue weighted by molar-refractivity contribution is -0.118. The van der Waals surface area contributed by atoms with Gasteiger partial charge in [-0.05, 0) is 38.7 Å². The Bertz CT molecular complexity index is 1190. The number of amides is 2. The number of likely N-dealkylation sites (tertiary alicyclic amines) is 1. The summed E-state index contributed by atoms with van der Waals surface area (Å²) in [5.41, 5.74) is 4.57. The molecule has 2 amide bonds. The summed E-state index contributed by atoms with van der Waals surface area (Å²) in [6, 6.07) is 10.2. The van der Waals surface area contributed by atoms with Gasteiger partial charge in [-0.15, -0.1) is 0 Å². The van der Waals surface area contributed by atoms with E-state index in [1.807, 2.05) is 41.8 Å². The smallest absolute Gasteiger partial charge is 0.257 e. The van der Waals surface area contributed by atoms with E-state index < -0.39 is 0 Å². The maximum absolute atomic E-state index is 12.9. The van der Waals surface area contributed by atoms with Gasteiger partial charge >= 0.3 is 0 Å². The fourth-order valence-corrected chi connectivity index (χ4v) is 4.79. The first kappa shape index (κ1) is 21.3. The number of rotatable bonds is 5. The molecule has 0 bridgehead atoms. The number of carbonyl (C=O) groups is 2. The topological polar surface area (TPSA) is 95.1 Å². The first-order valence-corrected chi connectivity index (χ1v) is 11.5. The zero-order chi connectivity index (χ0) is 22.9. The Morgan fingerprint density at radius 3 is 2.73 bits per heavy atom. The summed E-state index contributed by atoms with van der Waals surface area (Å²) in [6.07, 6.45) is 4.33. The van der Waals surface area contributed by atoms with Crippen LogP contribution in [0.2, 0.25) is 0 Å². The summed E-state index contributed by atoms with van der Waals surface area (Å²) in [4.78, 5) is 39.1. The predicted molar refractivity (Wildman–Crippen MR) is 124 cm³/mol. The molecule has 2 aliphatic rings. The number of aromatic amines is 1. The summed E-state index contributed by atoms with van der Waals surface area (Å²) >= 11 is 0. The van der Waals surface area contributed by atoms with Gasteiger partial charge in [-0.25, -0.2) is 9.97 Å². The lowest BCUT2D eigenvalue weighted by Crippen LogP contribution is -2.38. The van der Waals surface area contributed by atoms with Gasteiger partial charge in [0, 0.05) is 48.9 Å². The van der Waals surface area contributed by atoms with Crippen LogP contribution in [0.15, 0.2) is 36.5 Å². The molecule has 4 heterocycles. The number of carbonyl (C=O) groups excluding carboxylic acids is 2. The van der Waals surface area contributed by atoms with Crippen LogP contribution in [0.3, 0.4) is 0 Å². The van der Waals surface area contributed by atoms with Crippen LogP contribution in [-0.4, -0.2) is 56.5 Å². The second-order valence-electron chi connectivity index (χ2n) is 8.90. The first-order chi connectivity index (χ1) is 16.0. The van der Waals surface area contributed by atoms with Gasteiger partial charge in [0.15, 0.2) is 0 Å². The van der Waals surface area contributed by atoms with E-state index in [1.165, 1.54) is 5.56 Å². The molecule has 0 unspecified atom stereocenters. The van der Waals surface area contributed by atoms with Crippen molar-refractivity contribution >= 4 is 17.6 Å². The summed E-state index contributed by atoms with van der Waals surface area (Å²) in [7, 11) is 0. The van der Waals surface area contributed by atoms with Crippen LogP contribution in [0.4, 0.5) is 5.82 Å². The van der Waals surface area contributed by atoms with Crippen molar-refractivity contribution in [1.29, 1.82) is 0 Å². The molecule has 2 aliphatic heterocycles. The first-order valence-electron chi connectivity index (χ1n) is 11.5. The number of benzene rings is 1. The molecule has 5 rings (SSSR count). The van der Waals surface area contributed by atoms with Crippen molar-refractivity contribution < 1.29 is 9.59 Å².